The zero-order valence-electron chi connectivity index (χ0n) is 11.9. The number of benzene rings is 2. The minimum absolute atomic E-state index is 0.323. The van der Waals surface area contributed by atoms with Crippen LogP contribution in [0.25, 0.3) is 0 Å². The van der Waals surface area contributed by atoms with Crippen molar-refractivity contribution in [2.75, 3.05) is 0 Å². The molecule has 0 heterocycles. The van der Waals surface area contributed by atoms with Gasteiger partial charge < -0.3 is 10.5 Å². The lowest BCUT2D eigenvalue weighted by Crippen LogP contribution is -2.08. The van der Waals surface area contributed by atoms with Gasteiger partial charge in [-0.15, -0.1) is 0 Å². The van der Waals surface area contributed by atoms with E-state index in [0.29, 0.717) is 15.8 Å². The highest BCUT2D eigenvalue weighted by Gasteiger charge is 2.06. The molecule has 0 aromatic heterocycles. The summed E-state index contributed by atoms with van der Waals surface area (Å²) in [6.45, 7) is 2.19. The van der Waals surface area contributed by atoms with Gasteiger partial charge in [-0.2, -0.15) is 0 Å². The van der Waals surface area contributed by atoms with Crippen LogP contribution in [0.5, 0.6) is 11.5 Å². The van der Waals surface area contributed by atoms with Crippen LogP contribution in [-0.4, -0.2) is 4.99 Å². The lowest BCUT2D eigenvalue weighted by molar-refractivity contribution is 0.482. The maximum Gasteiger partial charge on any atom is 0.146 e. The summed E-state index contributed by atoms with van der Waals surface area (Å²) in [6.07, 6.45) is 3.50. The Labute approximate surface area is 135 Å². The van der Waals surface area contributed by atoms with Gasteiger partial charge in [-0.05, 0) is 48.7 Å². The van der Waals surface area contributed by atoms with E-state index in [1.165, 1.54) is 18.4 Å². The number of hydrogen-bond acceptors (Lipinski definition) is 2. The summed E-state index contributed by atoms with van der Waals surface area (Å²) in [4.78, 5) is 0.323. The maximum absolute atomic E-state index is 6.18. The topological polar surface area (TPSA) is 35.2 Å². The van der Waals surface area contributed by atoms with Gasteiger partial charge in [-0.25, -0.2) is 0 Å². The monoisotopic (exact) mass is 319 g/mol. The summed E-state index contributed by atoms with van der Waals surface area (Å²) in [6, 6.07) is 13.4. The van der Waals surface area contributed by atoms with E-state index >= 15 is 0 Å². The van der Waals surface area contributed by atoms with Crippen molar-refractivity contribution in [2.45, 2.75) is 26.2 Å². The van der Waals surface area contributed by atoms with E-state index in [0.717, 1.165) is 17.7 Å². The first kappa shape index (κ1) is 15.8. The second kappa shape index (κ2) is 7.43. The van der Waals surface area contributed by atoms with Crippen LogP contribution >= 0.6 is 23.8 Å². The molecule has 21 heavy (non-hydrogen) atoms. The van der Waals surface area contributed by atoms with E-state index in [1.807, 2.05) is 12.1 Å². The first-order chi connectivity index (χ1) is 10.1. The van der Waals surface area contributed by atoms with Crippen molar-refractivity contribution in [1.82, 2.24) is 0 Å². The van der Waals surface area contributed by atoms with Gasteiger partial charge in [0.05, 0.1) is 5.02 Å². The highest BCUT2D eigenvalue weighted by molar-refractivity contribution is 7.80. The molecule has 0 saturated heterocycles. The normalized spacial score (nSPS) is 10.4. The van der Waals surface area contributed by atoms with Crippen LogP contribution in [-0.2, 0) is 6.42 Å². The van der Waals surface area contributed by atoms with Crippen LogP contribution in [0.3, 0.4) is 0 Å². The SMILES string of the molecule is CCCCc1ccc(Oc2ccc(C(N)=S)cc2Cl)cc1. The number of thiocarbonyl (C=S) groups is 1. The summed E-state index contributed by atoms with van der Waals surface area (Å²) in [5, 5.41) is 0.496. The quantitative estimate of drug-likeness (QED) is 0.751. The Morgan fingerprint density at radius 2 is 1.90 bits per heavy atom. The lowest BCUT2D eigenvalue weighted by atomic mass is 10.1. The fourth-order valence-electron chi connectivity index (χ4n) is 1.97. The zero-order chi connectivity index (χ0) is 15.2. The molecule has 110 valence electrons. The van der Waals surface area contributed by atoms with Gasteiger partial charge in [0.2, 0.25) is 0 Å². The predicted molar refractivity (Wildman–Crippen MR) is 92.5 cm³/mol. The Kier molecular flexibility index (Phi) is 5.59. The van der Waals surface area contributed by atoms with E-state index in [-0.39, 0.29) is 0 Å². The van der Waals surface area contributed by atoms with Crippen LogP contribution in [0.15, 0.2) is 42.5 Å². The first-order valence-electron chi connectivity index (χ1n) is 6.96. The average Bonchev–Trinajstić information content (AvgIpc) is 2.48. The van der Waals surface area contributed by atoms with Crippen LogP contribution in [0, 0.1) is 0 Å². The summed E-state index contributed by atoms with van der Waals surface area (Å²) < 4.78 is 5.79. The van der Waals surface area contributed by atoms with Gasteiger partial charge >= 0.3 is 0 Å². The third-order valence-electron chi connectivity index (χ3n) is 3.19. The third kappa shape index (κ3) is 4.45. The molecule has 2 rings (SSSR count). The largest absolute Gasteiger partial charge is 0.456 e. The smallest absolute Gasteiger partial charge is 0.146 e. The maximum atomic E-state index is 6.18. The Hall–Kier alpha value is -1.58. The van der Waals surface area contributed by atoms with Gasteiger partial charge in [0.25, 0.3) is 0 Å². The molecule has 2 aromatic carbocycles. The first-order valence-corrected chi connectivity index (χ1v) is 7.75. The number of aryl methyl sites for hydroxylation is 1. The minimum Gasteiger partial charge on any atom is -0.456 e. The summed E-state index contributed by atoms with van der Waals surface area (Å²) in [5.41, 5.74) is 7.63. The summed E-state index contributed by atoms with van der Waals surface area (Å²) in [5.74, 6) is 1.36. The van der Waals surface area contributed by atoms with Crippen molar-refractivity contribution in [3.05, 3.63) is 58.6 Å². The number of halogens is 1. The third-order valence-corrected chi connectivity index (χ3v) is 3.72. The van der Waals surface area contributed by atoms with Gasteiger partial charge in [0.1, 0.15) is 16.5 Å². The molecule has 0 spiro atoms. The molecule has 0 bridgehead atoms. The molecule has 0 radical (unpaired) electrons. The molecule has 0 atom stereocenters. The summed E-state index contributed by atoms with van der Waals surface area (Å²) >= 11 is 11.1. The highest BCUT2D eigenvalue weighted by Crippen LogP contribution is 2.30. The number of nitrogens with two attached hydrogens (primary N) is 1. The molecule has 0 fully saturated rings. The molecule has 0 saturated carbocycles. The van der Waals surface area contributed by atoms with E-state index in [9.17, 15) is 0 Å². The highest BCUT2D eigenvalue weighted by atomic mass is 35.5. The number of hydrogen-bond donors (Lipinski definition) is 1. The van der Waals surface area contributed by atoms with Crippen LogP contribution in [0.2, 0.25) is 5.02 Å². The van der Waals surface area contributed by atoms with Gasteiger partial charge in [-0.3, -0.25) is 0 Å². The van der Waals surface area contributed by atoms with Gasteiger partial charge in [0, 0.05) is 5.56 Å². The minimum atomic E-state index is 0.323. The second-order valence-electron chi connectivity index (χ2n) is 4.86. The van der Waals surface area contributed by atoms with Crippen LogP contribution in [0.1, 0.15) is 30.9 Å². The van der Waals surface area contributed by atoms with E-state index in [2.05, 4.69) is 19.1 Å². The Balaban J connectivity index is 2.09. The van der Waals surface area contributed by atoms with Crippen molar-refractivity contribution in [2.24, 2.45) is 5.73 Å². The molecule has 0 amide bonds. The lowest BCUT2D eigenvalue weighted by Gasteiger charge is -2.09. The fraction of sp³-hybridized carbons (Fsp3) is 0.235. The zero-order valence-corrected chi connectivity index (χ0v) is 13.5. The molecule has 2 nitrogen and oxygen atoms in total. The van der Waals surface area contributed by atoms with Crippen molar-refractivity contribution in [1.29, 1.82) is 0 Å². The number of ether oxygens (including phenoxy) is 1. The molecule has 2 N–H and O–H groups in total. The number of unbranched alkanes of at least 4 members (excludes halogenated alkanes) is 1. The molecule has 4 heteroatoms. The Morgan fingerprint density at radius 3 is 2.48 bits per heavy atom. The molecule has 0 aliphatic rings. The van der Waals surface area contributed by atoms with Crippen LogP contribution in [0.4, 0.5) is 0 Å². The standard InChI is InChI=1S/C17H18ClNOS/c1-2-3-4-12-5-8-14(9-6-12)20-16-10-7-13(17(19)21)11-15(16)18/h5-11H,2-4H2,1H3,(H2,19,21). The van der Waals surface area contributed by atoms with Crippen molar-refractivity contribution in [3.8, 4) is 11.5 Å². The summed E-state index contributed by atoms with van der Waals surface area (Å²) in [7, 11) is 0. The van der Waals surface area contributed by atoms with Crippen molar-refractivity contribution >= 4 is 28.8 Å². The number of rotatable bonds is 6. The molecule has 0 aliphatic heterocycles. The van der Waals surface area contributed by atoms with E-state index in [1.54, 1.807) is 18.2 Å². The van der Waals surface area contributed by atoms with E-state index < -0.39 is 0 Å². The average molecular weight is 320 g/mol. The fourth-order valence-corrected chi connectivity index (χ4v) is 2.31. The molecular formula is C17H18ClNOS. The molecule has 0 aliphatic carbocycles. The molecule has 2 aromatic rings. The Bertz CT molecular complexity index is 625. The second-order valence-corrected chi connectivity index (χ2v) is 5.71. The predicted octanol–water partition coefficient (Wildman–Crippen LogP) is 5.11. The van der Waals surface area contributed by atoms with Gasteiger partial charge in [0.15, 0.2) is 0 Å². The van der Waals surface area contributed by atoms with Crippen molar-refractivity contribution in [3.63, 3.8) is 0 Å². The van der Waals surface area contributed by atoms with Gasteiger partial charge in [-0.1, -0.05) is 49.3 Å². The Morgan fingerprint density at radius 1 is 1.19 bits per heavy atom. The van der Waals surface area contributed by atoms with Crippen LogP contribution < -0.4 is 10.5 Å². The van der Waals surface area contributed by atoms with Crippen molar-refractivity contribution < 1.29 is 4.74 Å². The van der Waals surface area contributed by atoms with E-state index in [4.69, 9.17) is 34.3 Å². The molecule has 0 unspecified atom stereocenters. The molecular weight excluding hydrogens is 302 g/mol.